The number of esters is 1. The summed E-state index contributed by atoms with van der Waals surface area (Å²) in [6.45, 7) is 1.24. The van der Waals surface area contributed by atoms with Crippen molar-refractivity contribution in [2.75, 3.05) is 33.4 Å². The first-order valence-electron chi connectivity index (χ1n) is 9.11. The van der Waals surface area contributed by atoms with Crippen molar-refractivity contribution in [1.29, 1.82) is 0 Å². The van der Waals surface area contributed by atoms with E-state index in [9.17, 15) is 18.0 Å². The molecular formula is C20H21N3O6S. The average Bonchev–Trinajstić information content (AvgIpc) is 2.79. The van der Waals surface area contributed by atoms with Crippen LogP contribution in [0.4, 0.5) is 0 Å². The summed E-state index contributed by atoms with van der Waals surface area (Å²) >= 11 is 0. The summed E-state index contributed by atoms with van der Waals surface area (Å²) in [6, 6.07) is 12.2. The fraction of sp³-hybridized carbons (Fsp3) is 0.250. The summed E-state index contributed by atoms with van der Waals surface area (Å²) in [6.07, 6.45) is 1.41. The number of hydrogen-bond donors (Lipinski definition) is 1. The average molecular weight is 431 g/mol. The van der Waals surface area contributed by atoms with Crippen molar-refractivity contribution in [3.63, 3.8) is 0 Å². The van der Waals surface area contributed by atoms with Crippen LogP contribution in [0.15, 0.2) is 58.5 Å². The second kappa shape index (κ2) is 9.61. The lowest BCUT2D eigenvalue weighted by molar-refractivity contribution is 0.0600. The zero-order valence-corrected chi connectivity index (χ0v) is 17.1. The summed E-state index contributed by atoms with van der Waals surface area (Å²) in [5, 5.41) is 3.88. The van der Waals surface area contributed by atoms with Crippen molar-refractivity contribution in [2.45, 2.75) is 4.90 Å². The highest BCUT2D eigenvalue weighted by Crippen LogP contribution is 2.18. The minimum absolute atomic E-state index is 0.0411. The van der Waals surface area contributed by atoms with Gasteiger partial charge in [0.25, 0.3) is 5.91 Å². The lowest BCUT2D eigenvalue weighted by Gasteiger charge is -2.26. The molecule has 0 saturated carbocycles. The van der Waals surface area contributed by atoms with Gasteiger partial charge >= 0.3 is 5.97 Å². The Hall–Kier alpha value is -3.08. The maximum atomic E-state index is 12.7. The second-order valence-electron chi connectivity index (χ2n) is 6.36. The van der Waals surface area contributed by atoms with E-state index in [0.29, 0.717) is 24.3 Å². The SMILES string of the molecule is COC(=O)c1ccc(/C=N\NC(=O)c2cccc(S(=O)(=O)N3CCOCC3)c2)cc1. The molecule has 2 aromatic carbocycles. The molecule has 10 heteroatoms. The topological polar surface area (TPSA) is 114 Å². The number of amides is 1. The number of rotatable bonds is 6. The number of benzene rings is 2. The number of hydrogen-bond acceptors (Lipinski definition) is 7. The number of ether oxygens (including phenoxy) is 2. The third-order valence-corrected chi connectivity index (χ3v) is 6.31. The molecule has 0 radical (unpaired) electrons. The summed E-state index contributed by atoms with van der Waals surface area (Å²) in [7, 11) is -2.40. The van der Waals surface area contributed by atoms with Crippen LogP contribution in [0.1, 0.15) is 26.3 Å². The maximum Gasteiger partial charge on any atom is 0.337 e. The van der Waals surface area contributed by atoms with Crippen molar-refractivity contribution in [1.82, 2.24) is 9.73 Å². The first-order valence-corrected chi connectivity index (χ1v) is 10.6. The van der Waals surface area contributed by atoms with E-state index in [-0.39, 0.29) is 23.5 Å². The van der Waals surface area contributed by atoms with Gasteiger partial charge in [0.15, 0.2) is 0 Å². The Kier molecular flexibility index (Phi) is 6.93. The van der Waals surface area contributed by atoms with E-state index in [1.54, 1.807) is 24.3 Å². The molecule has 1 N–H and O–H groups in total. The molecule has 30 heavy (non-hydrogen) atoms. The first kappa shape index (κ1) is 21.6. The molecule has 1 aliphatic heterocycles. The molecule has 0 spiro atoms. The molecule has 1 fully saturated rings. The largest absolute Gasteiger partial charge is 0.465 e. The van der Waals surface area contributed by atoms with Gasteiger partial charge in [-0.15, -0.1) is 0 Å². The van der Waals surface area contributed by atoms with Gasteiger partial charge in [-0.3, -0.25) is 4.79 Å². The number of morpholine rings is 1. The lowest BCUT2D eigenvalue weighted by Crippen LogP contribution is -2.40. The van der Waals surface area contributed by atoms with E-state index < -0.39 is 21.9 Å². The van der Waals surface area contributed by atoms with E-state index in [4.69, 9.17) is 4.74 Å². The zero-order chi connectivity index (χ0) is 21.6. The quantitative estimate of drug-likeness (QED) is 0.418. The summed E-state index contributed by atoms with van der Waals surface area (Å²) in [5.74, 6) is -0.991. The van der Waals surface area contributed by atoms with Crippen LogP contribution in [0.5, 0.6) is 0 Å². The van der Waals surface area contributed by atoms with Crippen LogP contribution >= 0.6 is 0 Å². The smallest absolute Gasteiger partial charge is 0.337 e. The molecule has 0 aromatic heterocycles. The highest BCUT2D eigenvalue weighted by atomic mass is 32.2. The number of nitrogens with one attached hydrogen (secondary N) is 1. The van der Waals surface area contributed by atoms with E-state index in [1.807, 2.05) is 0 Å². The van der Waals surface area contributed by atoms with Gasteiger partial charge in [0.1, 0.15) is 0 Å². The van der Waals surface area contributed by atoms with Crippen molar-refractivity contribution >= 4 is 28.1 Å². The Morgan fingerprint density at radius 3 is 2.47 bits per heavy atom. The first-order chi connectivity index (χ1) is 14.4. The van der Waals surface area contributed by atoms with Crippen LogP contribution in [0.25, 0.3) is 0 Å². The predicted molar refractivity (Wildman–Crippen MR) is 109 cm³/mol. The monoisotopic (exact) mass is 431 g/mol. The minimum atomic E-state index is -3.70. The van der Waals surface area contributed by atoms with Gasteiger partial charge in [-0.2, -0.15) is 9.41 Å². The fourth-order valence-corrected chi connectivity index (χ4v) is 4.24. The molecule has 9 nitrogen and oxygen atoms in total. The molecule has 0 aliphatic carbocycles. The standard InChI is InChI=1S/C20H21N3O6S/c1-28-20(25)16-7-5-15(6-8-16)14-21-22-19(24)17-3-2-4-18(13-17)30(26,27)23-9-11-29-12-10-23/h2-8,13-14H,9-12H2,1H3,(H,22,24)/b21-14-. The van der Waals surface area contributed by atoms with E-state index in [2.05, 4.69) is 15.3 Å². The van der Waals surface area contributed by atoms with Gasteiger partial charge in [-0.05, 0) is 35.9 Å². The highest BCUT2D eigenvalue weighted by Gasteiger charge is 2.26. The molecule has 1 saturated heterocycles. The highest BCUT2D eigenvalue weighted by molar-refractivity contribution is 7.89. The van der Waals surface area contributed by atoms with Crippen molar-refractivity contribution in [3.8, 4) is 0 Å². The summed E-state index contributed by atoms with van der Waals surface area (Å²) < 4.78 is 36.6. The van der Waals surface area contributed by atoms with Crippen molar-refractivity contribution in [2.24, 2.45) is 5.10 Å². The molecule has 1 heterocycles. The Balaban J connectivity index is 1.66. The Labute approximate surface area is 174 Å². The Bertz CT molecular complexity index is 1040. The molecule has 1 aliphatic rings. The molecule has 1 amide bonds. The van der Waals surface area contributed by atoms with E-state index in [0.717, 1.165) is 0 Å². The molecular weight excluding hydrogens is 410 g/mol. The molecule has 158 valence electrons. The maximum absolute atomic E-state index is 12.7. The number of carbonyl (C=O) groups is 2. The third-order valence-electron chi connectivity index (χ3n) is 4.42. The number of carbonyl (C=O) groups excluding carboxylic acids is 2. The van der Waals surface area contributed by atoms with Gasteiger partial charge in [0.2, 0.25) is 10.0 Å². The predicted octanol–water partition coefficient (Wildman–Crippen LogP) is 1.26. The van der Waals surface area contributed by atoms with Gasteiger partial charge < -0.3 is 9.47 Å². The van der Waals surface area contributed by atoms with Crippen molar-refractivity contribution in [3.05, 3.63) is 65.2 Å². The Morgan fingerprint density at radius 2 is 1.80 bits per heavy atom. The second-order valence-corrected chi connectivity index (χ2v) is 8.29. The van der Waals surface area contributed by atoms with Gasteiger partial charge in [-0.1, -0.05) is 18.2 Å². The fourth-order valence-electron chi connectivity index (χ4n) is 2.79. The van der Waals surface area contributed by atoms with Crippen LogP contribution in [-0.2, 0) is 19.5 Å². The van der Waals surface area contributed by atoms with Gasteiger partial charge in [0, 0.05) is 18.7 Å². The summed E-state index contributed by atoms with van der Waals surface area (Å²) in [4.78, 5) is 23.8. The lowest BCUT2D eigenvalue weighted by atomic mass is 10.1. The number of hydrazone groups is 1. The van der Waals surface area contributed by atoms with Gasteiger partial charge in [0.05, 0.1) is 37.0 Å². The molecule has 2 aromatic rings. The van der Waals surface area contributed by atoms with Crippen LogP contribution in [0.3, 0.4) is 0 Å². The number of methoxy groups -OCH3 is 1. The number of nitrogens with zero attached hydrogens (tertiary/aromatic N) is 2. The molecule has 3 rings (SSSR count). The minimum Gasteiger partial charge on any atom is -0.465 e. The molecule has 0 unspecified atom stereocenters. The summed E-state index contributed by atoms with van der Waals surface area (Å²) in [5.41, 5.74) is 3.59. The van der Waals surface area contributed by atoms with Crippen LogP contribution in [-0.4, -0.2) is 64.2 Å². The Morgan fingerprint density at radius 1 is 1.10 bits per heavy atom. The van der Waals surface area contributed by atoms with Crippen LogP contribution in [0.2, 0.25) is 0 Å². The molecule has 0 bridgehead atoms. The molecule has 0 atom stereocenters. The number of sulfonamides is 1. The normalized spacial score (nSPS) is 15.1. The van der Waals surface area contributed by atoms with Crippen LogP contribution < -0.4 is 5.43 Å². The third kappa shape index (κ3) is 5.09. The zero-order valence-electron chi connectivity index (χ0n) is 16.3. The van der Waals surface area contributed by atoms with E-state index >= 15 is 0 Å². The van der Waals surface area contributed by atoms with Crippen molar-refractivity contribution < 1.29 is 27.5 Å². The van der Waals surface area contributed by atoms with E-state index in [1.165, 1.54) is 41.9 Å². The van der Waals surface area contributed by atoms with Crippen LogP contribution in [0, 0.1) is 0 Å². The van der Waals surface area contributed by atoms with Gasteiger partial charge in [-0.25, -0.2) is 18.6 Å².